The van der Waals surface area contributed by atoms with Crippen molar-refractivity contribution in [3.8, 4) is 5.75 Å². The van der Waals surface area contributed by atoms with E-state index in [0.717, 1.165) is 35.7 Å². The van der Waals surface area contributed by atoms with Gasteiger partial charge in [-0.15, -0.1) is 0 Å². The summed E-state index contributed by atoms with van der Waals surface area (Å²) in [5.74, 6) is 0.187. The Morgan fingerprint density at radius 3 is 2.81 bits per heavy atom. The van der Waals surface area contributed by atoms with E-state index in [0.29, 0.717) is 17.0 Å². The van der Waals surface area contributed by atoms with E-state index in [1.165, 1.54) is 30.0 Å². The average molecular weight is 504 g/mol. The van der Waals surface area contributed by atoms with Gasteiger partial charge in [0.25, 0.3) is 0 Å². The van der Waals surface area contributed by atoms with Crippen molar-refractivity contribution >= 4 is 28.8 Å². The van der Waals surface area contributed by atoms with Crippen LogP contribution in [0.1, 0.15) is 55.0 Å². The number of aryl methyl sites for hydroxylation is 1. The Labute approximate surface area is 215 Å². The van der Waals surface area contributed by atoms with Crippen LogP contribution < -0.4 is 10.1 Å². The second-order valence-corrected chi connectivity index (χ2v) is 9.89. The predicted octanol–water partition coefficient (Wildman–Crippen LogP) is 5.03. The highest BCUT2D eigenvalue weighted by Gasteiger charge is 2.41. The Balaban J connectivity index is 1.43. The fourth-order valence-corrected chi connectivity index (χ4v) is 6.15. The van der Waals surface area contributed by atoms with E-state index in [4.69, 9.17) is 9.47 Å². The van der Waals surface area contributed by atoms with Gasteiger partial charge in [0, 0.05) is 5.70 Å². The molecule has 2 aromatic rings. The molecule has 36 heavy (non-hydrogen) atoms. The van der Waals surface area contributed by atoms with Gasteiger partial charge in [0.1, 0.15) is 5.75 Å². The molecule has 0 bridgehead atoms. The van der Waals surface area contributed by atoms with Gasteiger partial charge in [0.05, 0.1) is 44.0 Å². The molecule has 2 unspecified atom stereocenters. The summed E-state index contributed by atoms with van der Waals surface area (Å²) in [6.07, 6.45) is 3.20. The summed E-state index contributed by atoms with van der Waals surface area (Å²) in [5.41, 5.74) is 5.21. The van der Waals surface area contributed by atoms with E-state index in [1.54, 1.807) is 7.11 Å². The van der Waals surface area contributed by atoms with Crippen molar-refractivity contribution in [2.45, 2.75) is 44.7 Å². The third-order valence-electron chi connectivity index (χ3n) is 6.86. The summed E-state index contributed by atoms with van der Waals surface area (Å²) < 4.78 is 10.6. The van der Waals surface area contributed by atoms with Crippen molar-refractivity contribution in [3.05, 3.63) is 87.6 Å². The molecule has 0 spiro atoms. The molecule has 0 saturated heterocycles. The Kier molecular flexibility index (Phi) is 6.87. The molecule has 1 N–H and O–H groups in total. The van der Waals surface area contributed by atoms with Crippen LogP contribution in [0.25, 0.3) is 0 Å². The number of hydrogen-bond acceptors (Lipinski definition) is 7. The first-order chi connectivity index (χ1) is 17.5. The third kappa shape index (κ3) is 4.53. The summed E-state index contributed by atoms with van der Waals surface area (Å²) >= 11 is 1.46. The molecule has 2 aromatic carbocycles. The maximum atomic E-state index is 13.3. The van der Waals surface area contributed by atoms with Crippen LogP contribution in [0.4, 0.5) is 0 Å². The highest BCUT2D eigenvalue weighted by molar-refractivity contribution is 8.16. The number of thioether (sulfide) groups is 1. The number of allylic oxidation sites excluding steroid dienone is 1. The summed E-state index contributed by atoms with van der Waals surface area (Å²) in [4.78, 5) is 32.8. The number of nitrogens with zero attached hydrogens (tertiary/aromatic N) is 2. The van der Waals surface area contributed by atoms with Gasteiger partial charge in [-0.2, -0.15) is 0 Å². The average Bonchev–Trinajstić information content (AvgIpc) is 3.29. The lowest BCUT2D eigenvalue weighted by atomic mass is 9.87. The number of carbonyl (C=O) groups is 2. The van der Waals surface area contributed by atoms with Crippen molar-refractivity contribution in [1.29, 1.82) is 0 Å². The molecule has 8 heteroatoms. The van der Waals surface area contributed by atoms with Crippen molar-refractivity contribution in [1.82, 2.24) is 10.2 Å². The van der Waals surface area contributed by atoms with Crippen LogP contribution in [-0.4, -0.2) is 36.2 Å². The monoisotopic (exact) mass is 503 g/mol. The zero-order chi connectivity index (χ0) is 25.2. The first kappa shape index (κ1) is 24.2. The Hall–Kier alpha value is -3.52. The number of esters is 1. The molecular formula is C28H29N3O4S. The molecule has 0 aromatic heterocycles. The van der Waals surface area contributed by atoms with Gasteiger partial charge in [0.2, 0.25) is 5.91 Å². The lowest BCUT2D eigenvalue weighted by molar-refractivity contribution is -0.136. The molecule has 0 fully saturated rings. The summed E-state index contributed by atoms with van der Waals surface area (Å²) in [5, 5.41) is 5.93. The van der Waals surface area contributed by atoms with Crippen LogP contribution in [0.5, 0.6) is 5.75 Å². The van der Waals surface area contributed by atoms with Crippen LogP contribution >= 0.6 is 11.8 Å². The number of hydrogen-bond donors (Lipinski definition) is 1. The highest BCUT2D eigenvalue weighted by atomic mass is 32.2. The molecule has 2 atom stereocenters. The third-order valence-corrected chi connectivity index (χ3v) is 7.75. The normalized spacial score (nSPS) is 20.7. The Morgan fingerprint density at radius 1 is 1.17 bits per heavy atom. The smallest absolute Gasteiger partial charge is 0.338 e. The Morgan fingerprint density at radius 2 is 2.00 bits per heavy atom. The van der Waals surface area contributed by atoms with Crippen LogP contribution in [0.15, 0.2) is 75.9 Å². The number of aliphatic imine (C=N–C) groups is 1. The van der Waals surface area contributed by atoms with Crippen molar-refractivity contribution < 1.29 is 19.1 Å². The molecule has 186 valence electrons. The van der Waals surface area contributed by atoms with Gasteiger partial charge >= 0.3 is 5.97 Å². The van der Waals surface area contributed by atoms with Crippen LogP contribution in [0.2, 0.25) is 0 Å². The number of carbonyl (C=O) groups excluding carboxylic acids is 2. The maximum absolute atomic E-state index is 13.3. The van der Waals surface area contributed by atoms with Crippen molar-refractivity contribution in [2.75, 3.05) is 14.2 Å². The van der Waals surface area contributed by atoms with Crippen LogP contribution in [-0.2, 0) is 20.7 Å². The number of fused-ring (bicyclic) bond motifs is 2. The van der Waals surface area contributed by atoms with Gasteiger partial charge in [-0.3, -0.25) is 4.79 Å². The number of amides is 1. The lowest BCUT2D eigenvalue weighted by Crippen LogP contribution is -2.38. The summed E-state index contributed by atoms with van der Waals surface area (Å²) in [6, 6.07) is 15.5. The van der Waals surface area contributed by atoms with Gasteiger partial charge in [-0.25, -0.2) is 9.79 Å². The lowest BCUT2D eigenvalue weighted by Gasteiger charge is -2.36. The SMILES string of the molecule is COC(=O)C1=C(C)N=C2SC=C(CC(=O)NC3CCCc4ccccc43)N2C1c1cccc(OC)c1. The van der Waals surface area contributed by atoms with Gasteiger partial charge in [0.15, 0.2) is 5.17 Å². The molecule has 7 nitrogen and oxygen atoms in total. The topological polar surface area (TPSA) is 80.2 Å². The second kappa shape index (κ2) is 10.2. The van der Waals surface area contributed by atoms with Gasteiger partial charge < -0.3 is 19.7 Å². The molecule has 0 radical (unpaired) electrons. The Bertz CT molecular complexity index is 1300. The standard InChI is InChI=1S/C28H29N3O4S/c1-17-25(27(33)35-3)26(19-10-6-11-21(14-19)34-2)31-20(16-36-28(31)29-17)15-24(32)30-23-13-7-9-18-8-4-5-12-22(18)23/h4-6,8,10-12,14,16,23,26H,7,9,13,15H2,1-3H3,(H,30,32). The van der Waals surface area contributed by atoms with E-state index in [2.05, 4.69) is 22.4 Å². The first-order valence-corrected chi connectivity index (χ1v) is 12.9. The number of nitrogens with one attached hydrogen (secondary N) is 1. The fraction of sp³-hybridized carbons (Fsp3) is 0.321. The van der Waals surface area contributed by atoms with Crippen molar-refractivity contribution in [2.24, 2.45) is 4.99 Å². The molecule has 1 amide bonds. The second-order valence-electron chi connectivity index (χ2n) is 9.05. The zero-order valence-corrected chi connectivity index (χ0v) is 21.4. The largest absolute Gasteiger partial charge is 0.497 e. The molecule has 3 aliphatic rings. The molecule has 0 saturated carbocycles. The molecule has 1 aliphatic carbocycles. The molecule has 2 aliphatic heterocycles. The number of benzene rings is 2. The number of rotatable bonds is 6. The predicted molar refractivity (Wildman–Crippen MR) is 140 cm³/mol. The summed E-state index contributed by atoms with van der Waals surface area (Å²) in [6.45, 7) is 1.82. The highest BCUT2D eigenvalue weighted by Crippen LogP contribution is 2.45. The minimum absolute atomic E-state index is 0.00792. The number of ether oxygens (including phenoxy) is 2. The summed E-state index contributed by atoms with van der Waals surface area (Å²) in [7, 11) is 2.98. The first-order valence-electron chi connectivity index (χ1n) is 12.0. The van der Waals surface area contributed by atoms with Gasteiger partial charge in [-0.1, -0.05) is 48.2 Å². The molecule has 5 rings (SSSR count). The zero-order valence-electron chi connectivity index (χ0n) is 20.6. The molecular weight excluding hydrogens is 474 g/mol. The minimum Gasteiger partial charge on any atom is -0.497 e. The quantitative estimate of drug-likeness (QED) is 0.557. The minimum atomic E-state index is -0.482. The fourth-order valence-electron chi connectivity index (χ4n) is 5.18. The van der Waals surface area contributed by atoms with Gasteiger partial charge in [-0.05, 0) is 60.4 Å². The van der Waals surface area contributed by atoms with E-state index in [9.17, 15) is 9.59 Å². The van der Waals surface area contributed by atoms with E-state index in [1.807, 2.05) is 53.6 Å². The van der Waals surface area contributed by atoms with Crippen molar-refractivity contribution in [3.63, 3.8) is 0 Å². The number of methoxy groups -OCH3 is 2. The van der Waals surface area contributed by atoms with Crippen LogP contribution in [0.3, 0.4) is 0 Å². The number of amidine groups is 1. The van der Waals surface area contributed by atoms with E-state index in [-0.39, 0.29) is 18.4 Å². The van der Waals surface area contributed by atoms with E-state index >= 15 is 0 Å². The molecule has 2 heterocycles. The van der Waals surface area contributed by atoms with E-state index < -0.39 is 12.0 Å². The van der Waals surface area contributed by atoms with Crippen LogP contribution in [0, 0.1) is 0 Å². The maximum Gasteiger partial charge on any atom is 0.338 e.